The van der Waals surface area contributed by atoms with Gasteiger partial charge in [0.15, 0.2) is 11.0 Å². The average Bonchev–Trinajstić information content (AvgIpc) is 3.44. The molecule has 0 saturated carbocycles. The van der Waals surface area contributed by atoms with Crippen molar-refractivity contribution in [3.8, 4) is 11.4 Å². The fourth-order valence-corrected chi connectivity index (χ4v) is 4.37. The van der Waals surface area contributed by atoms with E-state index in [-0.39, 0.29) is 23.1 Å². The number of carbonyl (C=O) groups excluding carboxylic acids is 1. The second kappa shape index (κ2) is 10.1. The smallest absolute Gasteiger partial charge is 0.233 e. The van der Waals surface area contributed by atoms with Gasteiger partial charge < -0.3 is 10.1 Å². The maximum absolute atomic E-state index is 13.4. The van der Waals surface area contributed by atoms with Crippen molar-refractivity contribution in [1.29, 1.82) is 0 Å². The van der Waals surface area contributed by atoms with Gasteiger partial charge in [-0.05, 0) is 49.6 Å². The summed E-state index contributed by atoms with van der Waals surface area (Å²) >= 11 is 1.36. The van der Waals surface area contributed by atoms with E-state index in [9.17, 15) is 9.18 Å². The van der Waals surface area contributed by atoms with Crippen LogP contribution in [0.5, 0.6) is 0 Å². The van der Waals surface area contributed by atoms with Crippen LogP contribution in [-0.2, 0) is 22.6 Å². The molecule has 2 aromatic carbocycles. The third-order valence-electron chi connectivity index (χ3n) is 5.19. The topological polar surface area (TPSA) is 69.0 Å². The molecule has 0 radical (unpaired) electrons. The monoisotopic (exact) mass is 440 g/mol. The molecular weight excluding hydrogens is 415 g/mol. The number of hydrogen-bond donors (Lipinski definition) is 1. The molecule has 6 nitrogen and oxygen atoms in total. The lowest BCUT2D eigenvalue weighted by Gasteiger charge is -2.16. The van der Waals surface area contributed by atoms with Gasteiger partial charge >= 0.3 is 0 Å². The van der Waals surface area contributed by atoms with Crippen molar-refractivity contribution in [2.24, 2.45) is 0 Å². The Morgan fingerprint density at radius 2 is 2.00 bits per heavy atom. The second-order valence-electron chi connectivity index (χ2n) is 7.52. The molecule has 1 saturated heterocycles. The van der Waals surface area contributed by atoms with Crippen LogP contribution in [0.3, 0.4) is 0 Å². The van der Waals surface area contributed by atoms with Crippen molar-refractivity contribution in [1.82, 2.24) is 20.1 Å². The van der Waals surface area contributed by atoms with Crippen LogP contribution < -0.4 is 5.32 Å². The van der Waals surface area contributed by atoms with Crippen LogP contribution in [0.25, 0.3) is 11.4 Å². The number of thioether (sulfide) groups is 1. The highest BCUT2D eigenvalue weighted by Crippen LogP contribution is 2.29. The Bertz CT molecular complexity index is 1000. The summed E-state index contributed by atoms with van der Waals surface area (Å²) in [5.41, 5.74) is 1.83. The molecular formula is C23H25FN4O2S. The predicted octanol–water partition coefficient (Wildman–Crippen LogP) is 4.06. The quantitative estimate of drug-likeness (QED) is 0.535. The first-order chi connectivity index (χ1) is 15.1. The summed E-state index contributed by atoms with van der Waals surface area (Å²) in [4.78, 5) is 12.6. The Morgan fingerprint density at radius 3 is 2.71 bits per heavy atom. The van der Waals surface area contributed by atoms with Gasteiger partial charge in [0.05, 0.1) is 17.9 Å². The SMILES string of the molecule is CC(Sc1nnc(-c2ccc(F)cc2)n1CC1CCCO1)C(=O)NCc1ccccc1. The van der Waals surface area contributed by atoms with Crippen LogP contribution >= 0.6 is 11.8 Å². The van der Waals surface area contributed by atoms with E-state index in [0.717, 1.165) is 30.6 Å². The van der Waals surface area contributed by atoms with Crippen molar-refractivity contribution in [2.45, 2.75) is 49.4 Å². The molecule has 31 heavy (non-hydrogen) atoms. The summed E-state index contributed by atoms with van der Waals surface area (Å²) in [6.45, 7) is 3.68. The van der Waals surface area contributed by atoms with Crippen molar-refractivity contribution in [3.63, 3.8) is 0 Å². The molecule has 0 bridgehead atoms. The van der Waals surface area contributed by atoms with Crippen LogP contribution in [0.4, 0.5) is 4.39 Å². The molecule has 1 aromatic heterocycles. The number of amides is 1. The average molecular weight is 441 g/mol. The first-order valence-electron chi connectivity index (χ1n) is 10.4. The number of ether oxygens (including phenoxy) is 1. The van der Waals surface area contributed by atoms with Crippen molar-refractivity contribution in [3.05, 3.63) is 66.0 Å². The second-order valence-corrected chi connectivity index (χ2v) is 8.83. The predicted molar refractivity (Wildman–Crippen MR) is 118 cm³/mol. The van der Waals surface area contributed by atoms with E-state index in [1.54, 1.807) is 12.1 Å². The summed E-state index contributed by atoms with van der Waals surface area (Å²) in [6.07, 6.45) is 2.08. The fourth-order valence-electron chi connectivity index (χ4n) is 3.49. The van der Waals surface area contributed by atoms with Crippen LogP contribution in [-0.4, -0.2) is 38.6 Å². The first-order valence-corrected chi connectivity index (χ1v) is 11.3. The molecule has 2 unspecified atom stereocenters. The normalized spacial score (nSPS) is 16.9. The van der Waals surface area contributed by atoms with Crippen LogP contribution in [0, 0.1) is 5.82 Å². The van der Waals surface area contributed by atoms with E-state index in [2.05, 4.69) is 15.5 Å². The summed E-state index contributed by atoms with van der Waals surface area (Å²) in [7, 11) is 0. The van der Waals surface area contributed by atoms with Crippen LogP contribution in [0.2, 0.25) is 0 Å². The van der Waals surface area contributed by atoms with Gasteiger partial charge in [-0.3, -0.25) is 9.36 Å². The molecule has 1 aliphatic heterocycles. The van der Waals surface area contributed by atoms with Gasteiger partial charge in [0.1, 0.15) is 5.82 Å². The van der Waals surface area contributed by atoms with Gasteiger partial charge in [-0.15, -0.1) is 10.2 Å². The summed E-state index contributed by atoms with van der Waals surface area (Å²) in [6, 6.07) is 16.0. The maximum atomic E-state index is 13.4. The number of aromatic nitrogens is 3. The molecule has 3 aromatic rings. The standard InChI is InChI=1S/C23H25FN4O2S/c1-16(22(29)25-14-17-6-3-2-4-7-17)31-23-27-26-21(18-9-11-19(24)12-10-18)28(23)15-20-8-5-13-30-20/h2-4,6-7,9-12,16,20H,5,8,13-15H2,1H3,(H,25,29). The molecule has 2 atom stereocenters. The van der Waals surface area contributed by atoms with Gasteiger partial charge in [-0.1, -0.05) is 42.1 Å². The number of nitrogens with one attached hydrogen (secondary N) is 1. The van der Waals surface area contributed by atoms with Crippen LogP contribution in [0.1, 0.15) is 25.3 Å². The Morgan fingerprint density at radius 1 is 1.23 bits per heavy atom. The third-order valence-corrected chi connectivity index (χ3v) is 6.27. The van der Waals surface area contributed by atoms with Crippen molar-refractivity contribution < 1.29 is 13.9 Å². The van der Waals surface area contributed by atoms with E-state index in [4.69, 9.17) is 4.74 Å². The lowest BCUT2D eigenvalue weighted by molar-refractivity contribution is -0.120. The van der Waals surface area contributed by atoms with Gasteiger partial charge in [0, 0.05) is 18.7 Å². The number of hydrogen-bond acceptors (Lipinski definition) is 5. The number of rotatable bonds is 8. The molecule has 2 heterocycles. The summed E-state index contributed by atoms with van der Waals surface area (Å²) in [5, 5.41) is 12.0. The minimum absolute atomic E-state index is 0.0659. The number of halogens is 1. The molecule has 8 heteroatoms. The minimum atomic E-state index is -0.350. The summed E-state index contributed by atoms with van der Waals surface area (Å²) in [5.74, 6) is 0.283. The maximum Gasteiger partial charge on any atom is 0.233 e. The fraction of sp³-hybridized carbons (Fsp3) is 0.348. The van der Waals surface area contributed by atoms with Crippen molar-refractivity contribution in [2.75, 3.05) is 6.61 Å². The Hall–Kier alpha value is -2.71. The van der Waals surface area contributed by atoms with Gasteiger partial charge in [-0.25, -0.2) is 4.39 Å². The third kappa shape index (κ3) is 5.51. The number of benzene rings is 2. The van der Waals surface area contributed by atoms with Gasteiger partial charge in [0.2, 0.25) is 5.91 Å². The molecule has 1 fully saturated rings. The molecule has 0 spiro atoms. The molecule has 1 aliphatic rings. The summed E-state index contributed by atoms with van der Waals surface area (Å²) < 4.78 is 21.2. The number of carbonyl (C=O) groups is 1. The zero-order valence-electron chi connectivity index (χ0n) is 17.3. The van der Waals surface area contributed by atoms with Crippen molar-refractivity contribution >= 4 is 17.7 Å². The lowest BCUT2D eigenvalue weighted by Crippen LogP contribution is -2.30. The van der Waals surface area contributed by atoms with Gasteiger partial charge in [-0.2, -0.15) is 0 Å². The lowest BCUT2D eigenvalue weighted by atomic mass is 10.2. The number of nitrogens with zero attached hydrogens (tertiary/aromatic N) is 3. The van der Waals surface area contributed by atoms with E-state index < -0.39 is 0 Å². The molecule has 1 amide bonds. The Kier molecular flexibility index (Phi) is 6.99. The molecule has 4 rings (SSSR count). The highest BCUT2D eigenvalue weighted by Gasteiger charge is 2.24. The van der Waals surface area contributed by atoms with Crippen LogP contribution in [0.15, 0.2) is 59.8 Å². The largest absolute Gasteiger partial charge is 0.376 e. The minimum Gasteiger partial charge on any atom is -0.376 e. The zero-order chi connectivity index (χ0) is 21.6. The molecule has 0 aliphatic carbocycles. The molecule has 162 valence electrons. The van der Waals surface area contributed by atoms with E-state index in [0.29, 0.717) is 24.1 Å². The van der Waals surface area contributed by atoms with E-state index in [1.165, 1.54) is 23.9 Å². The van der Waals surface area contributed by atoms with E-state index >= 15 is 0 Å². The Balaban J connectivity index is 1.49. The first kappa shape index (κ1) is 21.5. The highest BCUT2D eigenvalue weighted by atomic mass is 32.2. The van der Waals surface area contributed by atoms with Gasteiger partial charge in [0.25, 0.3) is 0 Å². The Labute approximate surface area is 185 Å². The van der Waals surface area contributed by atoms with E-state index in [1.807, 2.05) is 41.8 Å². The zero-order valence-corrected chi connectivity index (χ0v) is 18.1. The highest BCUT2D eigenvalue weighted by molar-refractivity contribution is 8.00. The molecule has 1 N–H and O–H groups in total.